The molecular formula is C23H30N2O2. The van der Waals surface area contributed by atoms with Crippen LogP contribution in [0.25, 0.3) is 11.1 Å². The van der Waals surface area contributed by atoms with Crippen molar-refractivity contribution in [3.63, 3.8) is 0 Å². The molecule has 2 heterocycles. The molecule has 0 aromatic heterocycles. The third-order valence-corrected chi connectivity index (χ3v) is 5.86. The molecular weight excluding hydrogens is 336 g/mol. The van der Waals surface area contributed by atoms with Gasteiger partial charge in [-0.05, 0) is 34.7 Å². The first-order chi connectivity index (χ1) is 13.2. The number of nitrogens with zero attached hydrogens (tertiary/aromatic N) is 2. The third kappa shape index (κ3) is 3.83. The smallest absolute Gasteiger partial charge is 0.142 e. The summed E-state index contributed by atoms with van der Waals surface area (Å²) in [5.41, 5.74) is 5.03. The van der Waals surface area contributed by atoms with Crippen LogP contribution in [0.2, 0.25) is 0 Å². The quantitative estimate of drug-likeness (QED) is 0.798. The van der Waals surface area contributed by atoms with E-state index in [0.717, 1.165) is 45.1 Å². The third-order valence-electron chi connectivity index (χ3n) is 5.86. The minimum absolute atomic E-state index is 0.531. The van der Waals surface area contributed by atoms with Gasteiger partial charge >= 0.3 is 0 Å². The van der Waals surface area contributed by atoms with Gasteiger partial charge in [-0.1, -0.05) is 44.2 Å². The Morgan fingerprint density at radius 1 is 0.963 bits per heavy atom. The van der Waals surface area contributed by atoms with Crippen molar-refractivity contribution in [1.29, 1.82) is 0 Å². The van der Waals surface area contributed by atoms with E-state index in [4.69, 9.17) is 9.47 Å². The molecule has 0 spiro atoms. The molecule has 0 saturated carbocycles. The van der Waals surface area contributed by atoms with Gasteiger partial charge in [0.15, 0.2) is 0 Å². The first-order valence-electron chi connectivity index (χ1n) is 10.0. The summed E-state index contributed by atoms with van der Waals surface area (Å²) in [6, 6.07) is 16.1. The van der Waals surface area contributed by atoms with E-state index in [9.17, 15) is 0 Å². The summed E-state index contributed by atoms with van der Waals surface area (Å²) < 4.78 is 11.1. The molecule has 0 aliphatic carbocycles. The molecule has 2 saturated heterocycles. The molecule has 144 valence electrons. The zero-order valence-electron chi connectivity index (χ0n) is 16.6. The molecule has 2 aromatic carbocycles. The summed E-state index contributed by atoms with van der Waals surface area (Å²) in [6.45, 7) is 10.5. The lowest BCUT2D eigenvalue weighted by atomic mass is 9.97. The monoisotopic (exact) mass is 366 g/mol. The highest BCUT2D eigenvalue weighted by molar-refractivity contribution is 5.72. The van der Waals surface area contributed by atoms with Crippen LogP contribution in [0.1, 0.15) is 25.3 Å². The van der Waals surface area contributed by atoms with Gasteiger partial charge in [0, 0.05) is 26.2 Å². The number of rotatable bonds is 5. The number of ether oxygens (including phenoxy) is 2. The molecule has 0 N–H and O–H groups in total. The van der Waals surface area contributed by atoms with Gasteiger partial charge in [0.05, 0.1) is 32.1 Å². The molecule has 0 amide bonds. The van der Waals surface area contributed by atoms with Crippen molar-refractivity contribution in [2.45, 2.75) is 25.8 Å². The van der Waals surface area contributed by atoms with E-state index < -0.39 is 0 Å². The molecule has 27 heavy (non-hydrogen) atoms. The molecule has 4 heteroatoms. The Kier molecular flexibility index (Phi) is 5.37. The van der Waals surface area contributed by atoms with E-state index in [2.05, 4.69) is 66.1 Å². The highest BCUT2D eigenvalue weighted by Gasteiger charge is 2.29. The maximum Gasteiger partial charge on any atom is 0.142 e. The van der Waals surface area contributed by atoms with Crippen molar-refractivity contribution in [3.8, 4) is 16.9 Å². The first-order valence-corrected chi connectivity index (χ1v) is 10.0. The van der Waals surface area contributed by atoms with Gasteiger partial charge < -0.3 is 14.4 Å². The molecule has 0 radical (unpaired) electrons. The lowest BCUT2D eigenvalue weighted by Gasteiger charge is -2.43. The van der Waals surface area contributed by atoms with Crippen LogP contribution in [0.5, 0.6) is 5.75 Å². The Labute approximate surface area is 162 Å². The van der Waals surface area contributed by atoms with Crippen LogP contribution in [-0.2, 0) is 4.74 Å². The molecule has 0 atom stereocenters. The fraction of sp³-hybridized carbons (Fsp3) is 0.478. The molecule has 2 fully saturated rings. The second-order valence-corrected chi connectivity index (χ2v) is 7.88. The standard InChI is InChI=1S/C23H30N2O2/c1-17(2)18-5-4-6-19(13-18)20-7-8-22(23(14-20)26-3)25-11-9-24(10-12-25)21-15-27-16-21/h4-8,13-14,17,21H,9-12,15-16H2,1-3H3. The van der Waals surface area contributed by atoms with Crippen molar-refractivity contribution in [3.05, 3.63) is 48.0 Å². The van der Waals surface area contributed by atoms with Crippen LogP contribution in [0.15, 0.2) is 42.5 Å². The van der Waals surface area contributed by atoms with Gasteiger partial charge in [-0.3, -0.25) is 4.90 Å². The second-order valence-electron chi connectivity index (χ2n) is 7.88. The van der Waals surface area contributed by atoms with Gasteiger partial charge in [-0.15, -0.1) is 0 Å². The summed E-state index contributed by atoms with van der Waals surface area (Å²) in [5.74, 6) is 1.49. The van der Waals surface area contributed by atoms with Gasteiger partial charge in [-0.25, -0.2) is 0 Å². The zero-order valence-corrected chi connectivity index (χ0v) is 16.6. The van der Waals surface area contributed by atoms with Crippen LogP contribution in [0.3, 0.4) is 0 Å². The predicted molar refractivity (Wildman–Crippen MR) is 111 cm³/mol. The van der Waals surface area contributed by atoms with Crippen molar-refractivity contribution < 1.29 is 9.47 Å². The maximum atomic E-state index is 5.77. The Morgan fingerprint density at radius 2 is 1.70 bits per heavy atom. The predicted octanol–water partition coefficient (Wildman–Crippen LogP) is 4.01. The van der Waals surface area contributed by atoms with Gasteiger partial charge in [0.1, 0.15) is 5.75 Å². The normalized spacial score (nSPS) is 18.6. The van der Waals surface area contributed by atoms with E-state index in [1.165, 1.54) is 22.4 Å². The second kappa shape index (κ2) is 7.91. The number of hydrogen-bond donors (Lipinski definition) is 0. The summed E-state index contributed by atoms with van der Waals surface area (Å²) in [6.07, 6.45) is 0. The summed E-state index contributed by atoms with van der Waals surface area (Å²) in [5, 5.41) is 0. The highest BCUT2D eigenvalue weighted by Crippen LogP contribution is 2.35. The Hall–Kier alpha value is -2.04. The summed E-state index contributed by atoms with van der Waals surface area (Å²) in [4.78, 5) is 5.00. The lowest BCUT2D eigenvalue weighted by molar-refractivity contribution is -0.0660. The number of hydrogen-bond acceptors (Lipinski definition) is 4. The molecule has 4 rings (SSSR count). The summed E-state index contributed by atoms with van der Waals surface area (Å²) in [7, 11) is 1.77. The topological polar surface area (TPSA) is 24.9 Å². The number of methoxy groups -OCH3 is 1. The molecule has 0 bridgehead atoms. The Balaban J connectivity index is 1.52. The summed E-state index contributed by atoms with van der Waals surface area (Å²) >= 11 is 0. The van der Waals surface area contributed by atoms with E-state index in [-0.39, 0.29) is 0 Å². The number of benzene rings is 2. The fourth-order valence-corrected chi connectivity index (χ4v) is 3.96. The van der Waals surface area contributed by atoms with Crippen molar-refractivity contribution in [2.24, 2.45) is 0 Å². The molecule has 4 nitrogen and oxygen atoms in total. The minimum atomic E-state index is 0.531. The average Bonchev–Trinajstić information content (AvgIpc) is 2.67. The highest BCUT2D eigenvalue weighted by atomic mass is 16.5. The van der Waals surface area contributed by atoms with Crippen LogP contribution >= 0.6 is 0 Å². The van der Waals surface area contributed by atoms with E-state index >= 15 is 0 Å². The molecule has 2 aliphatic heterocycles. The minimum Gasteiger partial charge on any atom is -0.495 e. The van der Waals surface area contributed by atoms with Crippen molar-refractivity contribution >= 4 is 5.69 Å². The molecule has 2 aromatic rings. The Bertz CT molecular complexity index is 778. The van der Waals surface area contributed by atoms with Crippen LogP contribution in [-0.4, -0.2) is 57.4 Å². The lowest BCUT2D eigenvalue weighted by Crippen LogP contribution is -2.56. The van der Waals surface area contributed by atoms with Gasteiger partial charge in [-0.2, -0.15) is 0 Å². The largest absolute Gasteiger partial charge is 0.495 e. The van der Waals surface area contributed by atoms with Gasteiger partial charge in [0.25, 0.3) is 0 Å². The first kappa shape index (κ1) is 18.3. The molecule has 0 unspecified atom stereocenters. The fourth-order valence-electron chi connectivity index (χ4n) is 3.96. The average molecular weight is 367 g/mol. The Morgan fingerprint density at radius 3 is 2.33 bits per heavy atom. The zero-order chi connectivity index (χ0) is 18.8. The number of piperazine rings is 1. The van der Waals surface area contributed by atoms with Crippen molar-refractivity contribution in [2.75, 3.05) is 51.4 Å². The van der Waals surface area contributed by atoms with E-state index in [1.54, 1.807) is 7.11 Å². The number of anilines is 1. The van der Waals surface area contributed by atoms with E-state index in [0.29, 0.717) is 12.0 Å². The maximum absolute atomic E-state index is 5.77. The van der Waals surface area contributed by atoms with Crippen LogP contribution < -0.4 is 9.64 Å². The SMILES string of the molecule is COc1cc(-c2cccc(C(C)C)c2)ccc1N1CCN(C2COC2)CC1. The van der Waals surface area contributed by atoms with Crippen molar-refractivity contribution in [1.82, 2.24) is 4.90 Å². The molecule has 2 aliphatic rings. The van der Waals surface area contributed by atoms with Gasteiger partial charge in [0.2, 0.25) is 0 Å². The van der Waals surface area contributed by atoms with E-state index in [1.807, 2.05) is 0 Å². The van der Waals surface area contributed by atoms with Crippen LogP contribution in [0.4, 0.5) is 5.69 Å². The van der Waals surface area contributed by atoms with Crippen LogP contribution in [0, 0.1) is 0 Å².